The molecule has 0 saturated heterocycles. The van der Waals surface area contributed by atoms with Gasteiger partial charge in [-0.1, -0.05) is 24.3 Å². The van der Waals surface area contributed by atoms with Crippen LogP contribution in [-0.2, 0) is 5.67 Å². The van der Waals surface area contributed by atoms with Gasteiger partial charge < -0.3 is 0 Å². The molecule has 13 heavy (non-hydrogen) atoms. The van der Waals surface area contributed by atoms with Gasteiger partial charge in [0.05, 0.1) is 5.69 Å². The maximum atomic E-state index is 14.0. The van der Waals surface area contributed by atoms with Crippen LogP contribution in [0.5, 0.6) is 0 Å². The topological polar surface area (TPSA) is 12.9 Å². The van der Waals surface area contributed by atoms with Crippen molar-refractivity contribution in [1.82, 2.24) is 4.98 Å². The minimum absolute atomic E-state index is 0.426. The van der Waals surface area contributed by atoms with Gasteiger partial charge in [-0.05, 0) is 18.2 Å². The largest absolute Gasteiger partial charge is 0.258 e. The highest BCUT2D eigenvalue weighted by Crippen LogP contribution is 2.31. The molecule has 1 aliphatic rings. The van der Waals surface area contributed by atoms with Crippen LogP contribution in [0.3, 0.4) is 0 Å². The zero-order valence-electron chi connectivity index (χ0n) is 7.02. The Morgan fingerprint density at radius 2 is 2.08 bits per heavy atom. The second-order valence-corrected chi connectivity index (χ2v) is 2.89. The fourth-order valence-electron chi connectivity index (χ4n) is 1.27. The molecule has 1 aromatic heterocycles. The molecule has 0 fully saturated rings. The van der Waals surface area contributed by atoms with E-state index in [1.165, 1.54) is 12.5 Å². The van der Waals surface area contributed by atoms with Gasteiger partial charge in [0.1, 0.15) is 0 Å². The Hall–Kier alpha value is -1.44. The molecule has 0 bridgehead atoms. The molecule has 0 N–H and O–H groups in total. The van der Waals surface area contributed by atoms with Crippen LogP contribution >= 0.6 is 0 Å². The number of pyridine rings is 1. The summed E-state index contributed by atoms with van der Waals surface area (Å²) in [4.78, 5) is 3.98. The van der Waals surface area contributed by atoms with Crippen molar-refractivity contribution in [2.24, 2.45) is 0 Å². The molecule has 2 rings (SSSR count). The van der Waals surface area contributed by atoms with Crippen molar-refractivity contribution >= 4 is 0 Å². The highest BCUT2D eigenvalue weighted by molar-refractivity contribution is 5.34. The smallest absolute Gasteiger partial charge is 0.178 e. The van der Waals surface area contributed by atoms with Crippen molar-refractivity contribution < 1.29 is 4.39 Å². The summed E-state index contributed by atoms with van der Waals surface area (Å²) in [6, 6.07) is 5.24. The van der Waals surface area contributed by atoms with Gasteiger partial charge in [0, 0.05) is 12.6 Å². The fourth-order valence-corrected chi connectivity index (χ4v) is 1.27. The van der Waals surface area contributed by atoms with E-state index in [-0.39, 0.29) is 0 Å². The molecule has 1 aromatic rings. The number of alkyl halides is 1. The molecule has 0 aromatic carbocycles. The van der Waals surface area contributed by atoms with Crippen LogP contribution in [0.25, 0.3) is 0 Å². The molecule has 0 aliphatic heterocycles. The number of hydrogen-bond acceptors (Lipinski definition) is 1. The van der Waals surface area contributed by atoms with Crippen molar-refractivity contribution in [1.29, 1.82) is 0 Å². The first-order chi connectivity index (χ1) is 6.31. The molecule has 0 amide bonds. The van der Waals surface area contributed by atoms with Gasteiger partial charge in [0.15, 0.2) is 5.67 Å². The average molecular weight is 174 g/mol. The molecule has 1 radical (unpaired) electrons. The maximum Gasteiger partial charge on any atom is 0.178 e. The van der Waals surface area contributed by atoms with E-state index in [0.29, 0.717) is 5.69 Å². The standard InChI is InChI=1S/C11H9FN/c12-11(7-3-1-4-8-11)10-6-2-5-9-13-10/h1-9H. The van der Waals surface area contributed by atoms with E-state index in [4.69, 9.17) is 0 Å². The third-order valence-electron chi connectivity index (χ3n) is 1.96. The second kappa shape index (κ2) is 3.13. The molecular formula is C11H9FN. The summed E-state index contributed by atoms with van der Waals surface area (Å²) in [5.41, 5.74) is -1.11. The Morgan fingerprint density at radius 1 is 1.15 bits per heavy atom. The number of hydrogen-bond donors (Lipinski definition) is 0. The maximum absolute atomic E-state index is 14.0. The van der Waals surface area contributed by atoms with Crippen LogP contribution in [0.1, 0.15) is 5.69 Å². The van der Waals surface area contributed by atoms with E-state index >= 15 is 0 Å². The van der Waals surface area contributed by atoms with Crippen LogP contribution in [-0.4, -0.2) is 4.98 Å². The molecule has 0 spiro atoms. The molecule has 1 heterocycles. The van der Waals surface area contributed by atoms with E-state index in [2.05, 4.69) is 4.98 Å². The summed E-state index contributed by atoms with van der Waals surface area (Å²) in [5, 5.41) is 0. The first-order valence-corrected chi connectivity index (χ1v) is 4.12. The monoisotopic (exact) mass is 174 g/mol. The number of rotatable bonds is 1. The highest BCUT2D eigenvalue weighted by atomic mass is 19.1. The lowest BCUT2D eigenvalue weighted by molar-refractivity contribution is 0.278. The molecule has 1 atom stereocenters. The van der Waals surface area contributed by atoms with Gasteiger partial charge in [-0.25, -0.2) is 4.39 Å². The van der Waals surface area contributed by atoms with E-state index in [0.717, 1.165) is 0 Å². The summed E-state index contributed by atoms with van der Waals surface area (Å²) >= 11 is 0. The molecule has 1 nitrogen and oxygen atoms in total. The molecule has 1 unspecified atom stereocenters. The van der Waals surface area contributed by atoms with Crippen molar-refractivity contribution in [3.05, 3.63) is 60.8 Å². The van der Waals surface area contributed by atoms with E-state index in [1.54, 1.807) is 42.6 Å². The Morgan fingerprint density at radius 3 is 2.69 bits per heavy atom. The van der Waals surface area contributed by atoms with Gasteiger partial charge in [-0.3, -0.25) is 4.98 Å². The predicted molar refractivity (Wildman–Crippen MR) is 49.6 cm³/mol. The van der Waals surface area contributed by atoms with Gasteiger partial charge >= 0.3 is 0 Å². The number of halogens is 1. The van der Waals surface area contributed by atoms with Crippen molar-refractivity contribution in [2.75, 3.05) is 0 Å². The lowest BCUT2D eigenvalue weighted by atomic mass is 9.93. The summed E-state index contributed by atoms with van der Waals surface area (Å²) < 4.78 is 14.0. The number of aromatic nitrogens is 1. The average Bonchev–Trinajstić information content (AvgIpc) is 2.20. The lowest BCUT2D eigenvalue weighted by Crippen LogP contribution is -2.19. The second-order valence-electron chi connectivity index (χ2n) is 2.89. The minimum atomic E-state index is -1.53. The summed E-state index contributed by atoms with van der Waals surface area (Å²) in [5.74, 6) is 0. The molecule has 65 valence electrons. The van der Waals surface area contributed by atoms with Crippen molar-refractivity contribution in [3.63, 3.8) is 0 Å². The lowest BCUT2D eigenvalue weighted by Gasteiger charge is -2.20. The van der Waals surface area contributed by atoms with Gasteiger partial charge in [-0.2, -0.15) is 0 Å². The Balaban J connectivity index is 2.35. The highest BCUT2D eigenvalue weighted by Gasteiger charge is 2.30. The Labute approximate surface area is 76.6 Å². The Bertz CT molecular complexity index is 342. The molecule has 0 saturated carbocycles. The zero-order chi connectivity index (χ0) is 9.15. The first kappa shape index (κ1) is 8.17. The van der Waals surface area contributed by atoms with Gasteiger partial charge in [0.2, 0.25) is 0 Å². The number of allylic oxidation sites excluding steroid dienone is 4. The van der Waals surface area contributed by atoms with Gasteiger partial charge in [0.25, 0.3) is 0 Å². The number of nitrogens with zero attached hydrogens (tertiary/aromatic N) is 1. The third kappa shape index (κ3) is 1.52. The normalized spacial score (nSPS) is 26.2. The van der Waals surface area contributed by atoms with Crippen LogP contribution < -0.4 is 0 Å². The van der Waals surface area contributed by atoms with Crippen LogP contribution in [0, 0.1) is 6.42 Å². The molecule has 1 aliphatic carbocycles. The molecule has 2 heteroatoms. The molecular weight excluding hydrogens is 165 g/mol. The van der Waals surface area contributed by atoms with Crippen molar-refractivity contribution in [3.8, 4) is 0 Å². The first-order valence-electron chi connectivity index (χ1n) is 4.12. The van der Waals surface area contributed by atoms with Crippen LogP contribution in [0.15, 0.2) is 48.7 Å². The van der Waals surface area contributed by atoms with Crippen LogP contribution in [0.4, 0.5) is 4.39 Å². The predicted octanol–water partition coefficient (Wildman–Crippen LogP) is 2.58. The summed E-state index contributed by atoms with van der Waals surface area (Å²) in [7, 11) is 0. The fraction of sp³-hybridized carbons (Fsp3) is 0.0909. The Kier molecular flexibility index (Phi) is 1.97. The summed E-state index contributed by atoms with van der Waals surface area (Å²) in [6.45, 7) is 0. The summed E-state index contributed by atoms with van der Waals surface area (Å²) in [6.07, 6.45) is 9.76. The van der Waals surface area contributed by atoms with Crippen molar-refractivity contribution in [2.45, 2.75) is 5.67 Å². The third-order valence-corrected chi connectivity index (χ3v) is 1.96. The minimum Gasteiger partial charge on any atom is -0.258 e. The van der Waals surface area contributed by atoms with Crippen LogP contribution in [0.2, 0.25) is 0 Å². The zero-order valence-corrected chi connectivity index (χ0v) is 7.02. The van der Waals surface area contributed by atoms with E-state index in [9.17, 15) is 4.39 Å². The van der Waals surface area contributed by atoms with E-state index in [1.807, 2.05) is 0 Å². The quantitative estimate of drug-likeness (QED) is 0.637. The van der Waals surface area contributed by atoms with Gasteiger partial charge in [-0.15, -0.1) is 0 Å². The van der Waals surface area contributed by atoms with E-state index < -0.39 is 5.67 Å². The SMILES string of the molecule is FC1(c2ccccn2)[CH]C=CC=C1.